The van der Waals surface area contributed by atoms with E-state index in [2.05, 4.69) is 21.2 Å². The predicted molar refractivity (Wildman–Crippen MR) is 67.2 cm³/mol. The summed E-state index contributed by atoms with van der Waals surface area (Å²) in [6, 6.07) is 1.60. The number of rotatable bonds is 3. The molecule has 0 aliphatic carbocycles. The molecule has 1 aliphatic rings. The lowest BCUT2D eigenvalue weighted by Crippen LogP contribution is -2.46. The topological polar surface area (TPSA) is 15.3 Å². The van der Waals surface area contributed by atoms with Crippen molar-refractivity contribution < 1.29 is 13.2 Å². The molecular formula is C12H14BrF3N2. The molecule has 2 rings (SSSR count). The van der Waals surface area contributed by atoms with Crippen LogP contribution in [0.2, 0.25) is 0 Å². The smallest absolute Gasteiger partial charge is 0.145 e. The third-order valence-electron chi connectivity index (χ3n) is 3.15. The van der Waals surface area contributed by atoms with Crippen LogP contribution in [0.3, 0.4) is 0 Å². The first-order valence-electron chi connectivity index (χ1n) is 5.79. The number of halogens is 4. The van der Waals surface area contributed by atoms with E-state index in [0.717, 1.165) is 6.07 Å². The summed E-state index contributed by atoms with van der Waals surface area (Å²) < 4.78 is 41.1. The Morgan fingerprint density at radius 2 is 1.94 bits per heavy atom. The molecule has 2 nitrogen and oxygen atoms in total. The standard InChI is InChI=1S/C12H14BrF3N2/c13-8-1-2-9(15)11(12(8)16)10(7-14)18-5-3-17-4-6-18/h1-2,10,17H,3-7H2/t10-/m0/s1. The largest absolute Gasteiger partial charge is 0.314 e. The number of alkyl halides is 1. The van der Waals surface area contributed by atoms with E-state index in [1.165, 1.54) is 6.07 Å². The third-order valence-corrected chi connectivity index (χ3v) is 3.76. The van der Waals surface area contributed by atoms with Crippen molar-refractivity contribution in [3.63, 3.8) is 0 Å². The number of piperazine rings is 1. The summed E-state index contributed by atoms with van der Waals surface area (Å²) in [5, 5.41) is 3.12. The van der Waals surface area contributed by atoms with Crippen LogP contribution in [-0.4, -0.2) is 37.8 Å². The van der Waals surface area contributed by atoms with Gasteiger partial charge in [0, 0.05) is 31.7 Å². The fourth-order valence-electron chi connectivity index (χ4n) is 2.20. The molecule has 0 aromatic heterocycles. The fraction of sp³-hybridized carbons (Fsp3) is 0.500. The highest BCUT2D eigenvalue weighted by atomic mass is 79.9. The summed E-state index contributed by atoms with van der Waals surface area (Å²) in [6.45, 7) is 1.77. The van der Waals surface area contributed by atoms with Gasteiger partial charge in [-0.05, 0) is 28.1 Å². The van der Waals surface area contributed by atoms with Gasteiger partial charge in [0.2, 0.25) is 0 Å². The summed E-state index contributed by atoms with van der Waals surface area (Å²) in [4.78, 5) is 1.77. The highest BCUT2D eigenvalue weighted by Crippen LogP contribution is 2.30. The Kier molecular flexibility index (Phi) is 4.64. The zero-order chi connectivity index (χ0) is 13.1. The maximum atomic E-state index is 14.0. The van der Waals surface area contributed by atoms with Gasteiger partial charge in [0.25, 0.3) is 0 Å². The summed E-state index contributed by atoms with van der Waals surface area (Å²) in [5.41, 5.74) is -0.186. The van der Waals surface area contributed by atoms with Crippen molar-refractivity contribution in [3.05, 3.63) is 33.8 Å². The predicted octanol–water partition coefficient (Wildman–Crippen LogP) is 2.64. The van der Waals surface area contributed by atoms with Gasteiger partial charge in [-0.15, -0.1) is 0 Å². The zero-order valence-corrected chi connectivity index (χ0v) is 11.3. The van der Waals surface area contributed by atoms with E-state index in [0.29, 0.717) is 26.2 Å². The number of hydrogen-bond donors (Lipinski definition) is 1. The molecule has 1 atom stereocenters. The van der Waals surface area contributed by atoms with Crippen molar-refractivity contribution >= 4 is 15.9 Å². The molecule has 0 saturated carbocycles. The molecule has 0 unspecified atom stereocenters. The van der Waals surface area contributed by atoms with Crippen molar-refractivity contribution in [2.24, 2.45) is 0 Å². The second kappa shape index (κ2) is 6.04. The Labute approximate surface area is 112 Å². The van der Waals surface area contributed by atoms with Crippen LogP contribution >= 0.6 is 15.9 Å². The lowest BCUT2D eigenvalue weighted by Gasteiger charge is -2.34. The van der Waals surface area contributed by atoms with Gasteiger partial charge in [0.1, 0.15) is 18.3 Å². The van der Waals surface area contributed by atoms with Crippen LogP contribution in [0, 0.1) is 11.6 Å². The van der Waals surface area contributed by atoms with Gasteiger partial charge in [-0.2, -0.15) is 0 Å². The summed E-state index contributed by atoms with van der Waals surface area (Å²) >= 11 is 3.01. The zero-order valence-electron chi connectivity index (χ0n) is 9.73. The van der Waals surface area contributed by atoms with Gasteiger partial charge in [0.05, 0.1) is 10.5 Å². The van der Waals surface area contributed by atoms with Crippen molar-refractivity contribution in [2.75, 3.05) is 32.9 Å². The quantitative estimate of drug-likeness (QED) is 0.861. The number of nitrogens with zero attached hydrogens (tertiary/aromatic N) is 1. The Bertz CT molecular complexity index is 422. The van der Waals surface area contributed by atoms with Gasteiger partial charge < -0.3 is 5.32 Å². The van der Waals surface area contributed by atoms with Crippen molar-refractivity contribution in [2.45, 2.75) is 6.04 Å². The number of nitrogens with one attached hydrogen (secondary N) is 1. The lowest BCUT2D eigenvalue weighted by molar-refractivity contribution is 0.141. The highest BCUT2D eigenvalue weighted by molar-refractivity contribution is 9.10. The summed E-state index contributed by atoms with van der Waals surface area (Å²) in [7, 11) is 0. The average Bonchev–Trinajstić information content (AvgIpc) is 2.40. The number of benzene rings is 1. The summed E-state index contributed by atoms with van der Waals surface area (Å²) in [5.74, 6) is -1.41. The minimum absolute atomic E-state index is 0.160. The lowest BCUT2D eigenvalue weighted by atomic mass is 10.0. The minimum atomic E-state index is -0.857. The minimum Gasteiger partial charge on any atom is -0.314 e. The van der Waals surface area contributed by atoms with Gasteiger partial charge in [-0.1, -0.05) is 0 Å². The molecule has 1 fully saturated rings. The molecule has 1 aromatic carbocycles. The molecule has 0 amide bonds. The molecule has 1 N–H and O–H groups in total. The van der Waals surface area contributed by atoms with E-state index in [1.54, 1.807) is 4.90 Å². The van der Waals surface area contributed by atoms with Gasteiger partial charge in [0.15, 0.2) is 0 Å². The van der Waals surface area contributed by atoms with Gasteiger partial charge in [-0.3, -0.25) is 4.90 Å². The number of hydrogen-bond acceptors (Lipinski definition) is 2. The highest BCUT2D eigenvalue weighted by Gasteiger charge is 2.28. The van der Waals surface area contributed by atoms with Crippen molar-refractivity contribution in [3.8, 4) is 0 Å². The molecule has 1 saturated heterocycles. The third kappa shape index (κ3) is 2.70. The van der Waals surface area contributed by atoms with Crippen LogP contribution in [0.1, 0.15) is 11.6 Å². The van der Waals surface area contributed by atoms with Crippen LogP contribution < -0.4 is 5.32 Å². The fourth-order valence-corrected chi connectivity index (χ4v) is 2.55. The second-order valence-corrected chi connectivity index (χ2v) is 5.07. The summed E-state index contributed by atoms with van der Waals surface area (Å²) in [6.07, 6.45) is 0. The van der Waals surface area contributed by atoms with Crippen molar-refractivity contribution in [1.82, 2.24) is 10.2 Å². The van der Waals surface area contributed by atoms with Gasteiger partial charge in [-0.25, -0.2) is 13.2 Å². The van der Waals surface area contributed by atoms with E-state index in [1.807, 2.05) is 0 Å². The molecule has 0 spiro atoms. The Hall–Kier alpha value is -0.590. The second-order valence-electron chi connectivity index (χ2n) is 4.21. The first-order chi connectivity index (χ1) is 8.65. The first-order valence-corrected chi connectivity index (χ1v) is 6.58. The van der Waals surface area contributed by atoms with E-state index in [9.17, 15) is 13.2 Å². The van der Waals surface area contributed by atoms with Crippen LogP contribution in [0.5, 0.6) is 0 Å². The molecule has 6 heteroatoms. The average molecular weight is 323 g/mol. The van der Waals surface area contributed by atoms with E-state index >= 15 is 0 Å². The monoisotopic (exact) mass is 322 g/mol. The van der Waals surface area contributed by atoms with Crippen LogP contribution in [0.25, 0.3) is 0 Å². The molecule has 0 radical (unpaired) electrons. The Balaban J connectivity index is 2.34. The van der Waals surface area contributed by atoms with Crippen LogP contribution in [0.15, 0.2) is 16.6 Å². The molecule has 1 heterocycles. The first kappa shape index (κ1) is 13.8. The van der Waals surface area contributed by atoms with Gasteiger partial charge >= 0.3 is 0 Å². The van der Waals surface area contributed by atoms with E-state index in [4.69, 9.17) is 0 Å². The molecule has 1 aromatic rings. The molecule has 1 aliphatic heterocycles. The SMILES string of the molecule is FC[C@@H](c1c(F)ccc(Br)c1F)N1CCNCC1. The van der Waals surface area contributed by atoms with Crippen molar-refractivity contribution in [1.29, 1.82) is 0 Å². The van der Waals surface area contributed by atoms with Crippen LogP contribution in [0.4, 0.5) is 13.2 Å². The Morgan fingerprint density at radius 3 is 2.56 bits per heavy atom. The Morgan fingerprint density at radius 1 is 1.28 bits per heavy atom. The molecule has 18 heavy (non-hydrogen) atoms. The maximum Gasteiger partial charge on any atom is 0.145 e. The molecule has 100 valence electrons. The van der Waals surface area contributed by atoms with Crippen LogP contribution in [-0.2, 0) is 0 Å². The van der Waals surface area contributed by atoms with E-state index in [-0.39, 0.29) is 10.0 Å². The van der Waals surface area contributed by atoms with E-state index < -0.39 is 24.4 Å². The molecule has 0 bridgehead atoms. The maximum absolute atomic E-state index is 14.0. The molecular weight excluding hydrogens is 309 g/mol. The normalized spacial score (nSPS) is 18.9.